The lowest BCUT2D eigenvalue weighted by Crippen LogP contribution is -2.07. The molecule has 3 heteroatoms. The van der Waals surface area contributed by atoms with E-state index in [4.69, 9.17) is 0 Å². The van der Waals surface area contributed by atoms with Gasteiger partial charge in [-0.25, -0.2) is 4.98 Å². The summed E-state index contributed by atoms with van der Waals surface area (Å²) in [5.41, 5.74) is 3.86. The highest BCUT2D eigenvalue weighted by Gasteiger charge is 2.23. The Balaban J connectivity index is 1.79. The largest absolute Gasteiger partial charge is 0.375 e. The first-order valence-corrected chi connectivity index (χ1v) is 6.25. The molecule has 0 fully saturated rings. The second-order valence-corrected chi connectivity index (χ2v) is 4.60. The number of aromatic nitrogens is 2. The number of H-pyrrole nitrogens is 1. The second-order valence-electron chi connectivity index (χ2n) is 4.60. The zero-order valence-corrected chi connectivity index (χ0v) is 10.0. The average molecular weight is 227 g/mol. The van der Waals surface area contributed by atoms with Gasteiger partial charge < -0.3 is 10.3 Å². The summed E-state index contributed by atoms with van der Waals surface area (Å²) in [7, 11) is 0. The number of aromatic amines is 1. The third-order valence-corrected chi connectivity index (χ3v) is 3.27. The van der Waals surface area contributed by atoms with Gasteiger partial charge in [0.2, 0.25) is 0 Å². The molecule has 0 spiro atoms. The molecule has 0 saturated heterocycles. The van der Waals surface area contributed by atoms with Gasteiger partial charge >= 0.3 is 0 Å². The molecule has 1 aromatic carbocycles. The molecule has 2 aromatic rings. The molecule has 1 aliphatic rings. The van der Waals surface area contributed by atoms with Crippen LogP contribution in [0.3, 0.4) is 0 Å². The number of hydrogen-bond acceptors (Lipinski definition) is 2. The highest BCUT2D eigenvalue weighted by atomic mass is 15.0. The molecule has 17 heavy (non-hydrogen) atoms. The molecule has 3 nitrogen and oxygen atoms in total. The Labute approximate surface area is 101 Å². The van der Waals surface area contributed by atoms with Crippen LogP contribution >= 0.6 is 0 Å². The number of nitrogens with one attached hydrogen (secondary N) is 2. The zero-order chi connectivity index (χ0) is 11.7. The minimum absolute atomic E-state index is 0.304. The van der Waals surface area contributed by atoms with Gasteiger partial charge in [-0.05, 0) is 18.1 Å². The average Bonchev–Trinajstić information content (AvgIpc) is 2.94. The summed E-state index contributed by atoms with van der Waals surface area (Å²) in [6, 6.07) is 8.77. The molecular weight excluding hydrogens is 210 g/mol. The fraction of sp³-hybridized carbons (Fsp3) is 0.357. The van der Waals surface area contributed by atoms with Crippen molar-refractivity contribution in [1.82, 2.24) is 9.97 Å². The number of hydrogen-bond donors (Lipinski definition) is 2. The van der Waals surface area contributed by atoms with Crippen molar-refractivity contribution >= 4 is 5.69 Å². The highest BCUT2D eigenvalue weighted by Crippen LogP contribution is 2.32. The molecule has 0 unspecified atom stereocenters. The van der Waals surface area contributed by atoms with Gasteiger partial charge in [-0.3, -0.25) is 0 Å². The fourth-order valence-corrected chi connectivity index (χ4v) is 2.41. The molecule has 1 aliphatic heterocycles. The molecule has 1 aromatic heterocycles. The quantitative estimate of drug-likeness (QED) is 0.846. The van der Waals surface area contributed by atoms with Crippen molar-refractivity contribution in [2.45, 2.75) is 32.2 Å². The maximum absolute atomic E-state index is 4.48. The maximum Gasteiger partial charge on any atom is 0.129 e. The minimum atomic E-state index is 0.304. The summed E-state index contributed by atoms with van der Waals surface area (Å²) >= 11 is 0. The standard InChI is InChI=1S/C14H17N3/c1-2-5-11-9-15-14(16-11)13-8-10-6-3-4-7-12(10)17-13/h3-4,6-7,9,13,17H,2,5,8H2,1H3,(H,15,16)/t13-/m0/s1. The third-order valence-electron chi connectivity index (χ3n) is 3.27. The van der Waals surface area contributed by atoms with E-state index in [2.05, 4.69) is 46.5 Å². The first-order valence-electron chi connectivity index (χ1n) is 6.25. The third kappa shape index (κ3) is 1.93. The lowest BCUT2D eigenvalue weighted by molar-refractivity contribution is 0.756. The van der Waals surface area contributed by atoms with Gasteiger partial charge in [-0.1, -0.05) is 31.5 Å². The van der Waals surface area contributed by atoms with Gasteiger partial charge in [0.15, 0.2) is 0 Å². The summed E-state index contributed by atoms with van der Waals surface area (Å²) in [5.74, 6) is 1.06. The number of nitrogens with zero attached hydrogens (tertiary/aromatic N) is 1. The van der Waals surface area contributed by atoms with Crippen LogP contribution in [-0.2, 0) is 12.8 Å². The van der Waals surface area contributed by atoms with Crippen LogP contribution in [0.1, 0.15) is 36.5 Å². The molecule has 0 radical (unpaired) electrons. The summed E-state index contributed by atoms with van der Waals surface area (Å²) in [5, 5.41) is 3.51. The predicted molar refractivity (Wildman–Crippen MR) is 69.1 cm³/mol. The Morgan fingerprint density at radius 3 is 3.06 bits per heavy atom. The smallest absolute Gasteiger partial charge is 0.129 e. The molecular formula is C14H17N3. The van der Waals surface area contributed by atoms with Gasteiger partial charge in [-0.2, -0.15) is 0 Å². The van der Waals surface area contributed by atoms with Crippen LogP contribution in [0.5, 0.6) is 0 Å². The molecule has 0 amide bonds. The van der Waals surface area contributed by atoms with Gasteiger partial charge in [0.1, 0.15) is 5.82 Å². The number of benzene rings is 1. The molecule has 2 N–H and O–H groups in total. The van der Waals surface area contributed by atoms with E-state index < -0.39 is 0 Å². The van der Waals surface area contributed by atoms with E-state index in [0.29, 0.717) is 6.04 Å². The first-order chi connectivity index (χ1) is 8.36. The maximum atomic E-state index is 4.48. The van der Waals surface area contributed by atoms with Crippen molar-refractivity contribution < 1.29 is 0 Å². The Morgan fingerprint density at radius 2 is 2.24 bits per heavy atom. The minimum Gasteiger partial charge on any atom is -0.375 e. The monoisotopic (exact) mass is 227 g/mol. The second kappa shape index (κ2) is 4.24. The normalized spacial score (nSPS) is 17.8. The van der Waals surface area contributed by atoms with E-state index in [1.165, 1.54) is 16.9 Å². The molecule has 88 valence electrons. The fourth-order valence-electron chi connectivity index (χ4n) is 2.41. The summed E-state index contributed by atoms with van der Waals surface area (Å²) in [6.07, 6.45) is 5.21. The lowest BCUT2D eigenvalue weighted by atomic mass is 10.1. The van der Waals surface area contributed by atoms with E-state index in [-0.39, 0.29) is 0 Å². The molecule has 1 atom stereocenters. The topological polar surface area (TPSA) is 40.7 Å². The molecule has 0 aliphatic carbocycles. The van der Waals surface area contributed by atoms with Crippen LogP contribution in [0.4, 0.5) is 5.69 Å². The van der Waals surface area contributed by atoms with Crippen molar-refractivity contribution in [3.63, 3.8) is 0 Å². The summed E-state index contributed by atoms with van der Waals surface area (Å²) in [6.45, 7) is 2.18. The van der Waals surface area contributed by atoms with Crippen LogP contribution in [0.25, 0.3) is 0 Å². The van der Waals surface area contributed by atoms with Crippen molar-refractivity contribution in [3.05, 3.63) is 47.5 Å². The number of aryl methyl sites for hydroxylation is 1. The van der Waals surface area contributed by atoms with Crippen LogP contribution < -0.4 is 5.32 Å². The number of para-hydroxylation sites is 1. The Hall–Kier alpha value is -1.77. The number of fused-ring (bicyclic) bond motifs is 1. The van der Waals surface area contributed by atoms with Gasteiger partial charge in [0, 0.05) is 24.0 Å². The van der Waals surface area contributed by atoms with E-state index in [1.54, 1.807) is 0 Å². The summed E-state index contributed by atoms with van der Waals surface area (Å²) < 4.78 is 0. The first kappa shape index (κ1) is 10.4. The molecule has 0 bridgehead atoms. The SMILES string of the molecule is CCCc1cnc([C@@H]2Cc3ccccc3N2)[nH]1. The number of rotatable bonds is 3. The number of imidazole rings is 1. The van der Waals surface area contributed by atoms with E-state index in [9.17, 15) is 0 Å². The van der Waals surface area contributed by atoms with Crippen molar-refractivity contribution in [1.29, 1.82) is 0 Å². The van der Waals surface area contributed by atoms with Gasteiger partial charge in [0.05, 0.1) is 6.04 Å². The zero-order valence-electron chi connectivity index (χ0n) is 10.0. The van der Waals surface area contributed by atoms with Crippen LogP contribution in [0.15, 0.2) is 30.5 Å². The van der Waals surface area contributed by atoms with Crippen molar-refractivity contribution in [2.24, 2.45) is 0 Å². The van der Waals surface area contributed by atoms with Crippen molar-refractivity contribution in [2.75, 3.05) is 5.32 Å². The van der Waals surface area contributed by atoms with E-state index in [1.807, 2.05) is 6.20 Å². The predicted octanol–water partition coefficient (Wildman–Crippen LogP) is 3.07. The highest BCUT2D eigenvalue weighted by molar-refractivity contribution is 5.57. The Kier molecular flexibility index (Phi) is 2.59. The van der Waals surface area contributed by atoms with E-state index in [0.717, 1.165) is 25.1 Å². The van der Waals surface area contributed by atoms with Crippen LogP contribution in [-0.4, -0.2) is 9.97 Å². The molecule has 3 rings (SSSR count). The van der Waals surface area contributed by atoms with Crippen molar-refractivity contribution in [3.8, 4) is 0 Å². The number of anilines is 1. The van der Waals surface area contributed by atoms with E-state index >= 15 is 0 Å². The van der Waals surface area contributed by atoms with Gasteiger partial charge in [0.25, 0.3) is 0 Å². The molecule has 0 saturated carbocycles. The van der Waals surface area contributed by atoms with Crippen LogP contribution in [0, 0.1) is 0 Å². The summed E-state index contributed by atoms with van der Waals surface area (Å²) in [4.78, 5) is 7.90. The van der Waals surface area contributed by atoms with Crippen LogP contribution in [0.2, 0.25) is 0 Å². The lowest BCUT2D eigenvalue weighted by Gasteiger charge is -2.07. The Morgan fingerprint density at radius 1 is 1.35 bits per heavy atom. The Bertz CT molecular complexity index is 491. The molecule has 2 heterocycles. The van der Waals surface area contributed by atoms with Gasteiger partial charge in [-0.15, -0.1) is 0 Å².